The minimum atomic E-state index is -0.236. The lowest BCUT2D eigenvalue weighted by molar-refractivity contribution is 0.627. The Morgan fingerprint density at radius 2 is 2.16 bits per heavy atom. The minimum Gasteiger partial charge on any atom is -0.330 e. The van der Waals surface area contributed by atoms with E-state index < -0.39 is 0 Å². The van der Waals surface area contributed by atoms with Gasteiger partial charge in [0.05, 0.1) is 5.69 Å². The van der Waals surface area contributed by atoms with E-state index >= 15 is 0 Å². The molecule has 5 heteroatoms. The lowest BCUT2D eigenvalue weighted by Gasteiger charge is -2.21. The molecule has 102 valence electrons. The highest BCUT2D eigenvalue weighted by Crippen LogP contribution is 2.31. The minimum absolute atomic E-state index is 0.236. The van der Waals surface area contributed by atoms with Crippen molar-refractivity contribution in [1.29, 1.82) is 0 Å². The van der Waals surface area contributed by atoms with Crippen LogP contribution < -0.4 is 10.6 Å². The largest absolute Gasteiger partial charge is 0.330 e. The first kappa shape index (κ1) is 14.0. The molecule has 0 aliphatic carbocycles. The number of hydrogen-bond donors (Lipinski definition) is 1. The van der Waals surface area contributed by atoms with Crippen molar-refractivity contribution >= 4 is 22.2 Å². The van der Waals surface area contributed by atoms with Gasteiger partial charge in [0.1, 0.15) is 5.82 Å². The van der Waals surface area contributed by atoms with Crippen molar-refractivity contribution in [2.75, 3.05) is 18.0 Å². The SMILES string of the molecule is Cc1nc(N(CCCN)c2cccc(F)c2)sc1C. The highest BCUT2D eigenvalue weighted by atomic mass is 32.1. The van der Waals surface area contributed by atoms with E-state index in [-0.39, 0.29) is 5.82 Å². The van der Waals surface area contributed by atoms with Crippen LogP contribution in [0.15, 0.2) is 24.3 Å². The summed E-state index contributed by atoms with van der Waals surface area (Å²) in [6.45, 7) is 5.38. The van der Waals surface area contributed by atoms with E-state index in [4.69, 9.17) is 5.73 Å². The van der Waals surface area contributed by atoms with Gasteiger partial charge in [0.25, 0.3) is 0 Å². The van der Waals surface area contributed by atoms with Crippen molar-refractivity contribution in [3.05, 3.63) is 40.7 Å². The zero-order valence-corrected chi connectivity index (χ0v) is 12.0. The van der Waals surface area contributed by atoms with Crippen LogP contribution in [0.4, 0.5) is 15.2 Å². The first-order valence-electron chi connectivity index (χ1n) is 6.29. The lowest BCUT2D eigenvalue weighted by Crippen LogP contribution is -2.20. The van der Waals surface area contributed by atoms with Gasteiger partial charge in [0.2, 0.25) is 0 Å². The van der Waals surface area contributed by atoms with Gasteiger partial charge in [-0.1, -0.05) is 6.07 Å². The van der Waals surface area contributed by atoms with E-state index in [0.29, 0.717) is 6.54 Å². The fraction of sp³-hybridized carbons (Fsp3) is 0.357. The number of anilines is 2. The Kier molecular flexibility index (Phi) is 4.50. The molecule has 1 heterocycles. The molecule has 0 bridgehead atoms. The molecule has 1 aromatic heterocycles. The van der Waals surface area contributed by atoms with E-state index in [1.54, 1.807) is 17.4 Å². The molecule has 2 rings (SSSR count). The summed E-state index contributed by atoms with van der Waals surface area (Å²) >= 11 is 1.63. The van der Waals surface area contributed by atoms with Gasteiger partial charge < -0.3 is 10.6 Å². The van der Waals surface area contributed by atoms with Gasteiger partial charge in [-0.3, -0.25) is 0 Å². The summed E-state index contributed by atoms with van der Waals surface area (Å²) in [5.41, 5.74) is 7.42. The highest BCUT2D eigenvalue weighted by molar-refractivity contribution is 7.15. The van der Waals surface area contributed by atoms with Crippen LogP contribution in [-0.2, 0) is 0 Å². The first-order chi connectivity index (χ1) is 9.11. The van der Waals surface area contributed by atoms with Crippen molar-refractivity contribution in [3.63, 3.8) is 0 Å². The average molecular weight is 279 g/mol. The van der Waals surface area contributed by atoms with Crippen LogP contribution in [0.1, 0.15) is 17.0 Å². The van der Waals surface area contributed by atoms with Crippen LogP contribution in [0.2, 0.25) is 0 Å². The third-order valence-corrected chi connectivity index (χ3v) is 4.05. The van der Waals surface area contributed by atoms with Crippen LogP contribution >= 0.6 is 11.3 Å². The van der Waals surface area contributed by atoms with Gasteiger partial charge in [-0.05, 0) is 45.0 Å². The van der Waals surface area contributed by atoms with Crippen molar-refractivity contribution < 1.29 is 4.39 Å². The third-order valence-electron chi connectivity index (χ3n) is 2.95. The van der Waals surface area contributed by atoms with E-state index in [1.807, 2.05) is 24.8 Å². The number of nitrogens with zero attached hydrogens (tertiary/aromatic N) is 2. The van der Waals surface area contributed by atoms with Crippen molar-refractivity contribution in [2.45, 2.75) is 20.3 Å². The van der Waals surface area contributed by atoms with Gasteiger partial charge in [0, 0.05) is 17.1 Å². The second kappa shape index (κ2) is 6.12. The maximum absolute atomic E-state index is 13.4. The number of rotatable bonds is 5. The Hall–Kier alpha value is -1.46. The van der Waals surface area contributed by atoms with E-state index in [0.717, 1.165) is 29.5 Å². The van der Waals surface area contributed by atoms with Gasteiger partial charge in [0.15, 0.2) is 5.13 Å². The smallest absolute Gasteiger partial charge is 0.190 e. The molecule has 0 atom stereocenters. The summed E-state index contributed by atoms with van der Waals surface area (Å²) in [7, 11) is 0. The molecule has 1 aromatic carbocycles. The zero-order valence-electron chi connectivity index (χ0n) is 11.2. The quantitative estimate of drug-likeness (QED) is 0.912. The van der Waals surface area contributed by atoms with E-state index in [1.165, 1.54) is 17.0 Å². The van der Waals surface area contributed by atoms with Crippen molar-refractivity contribution in [1.82, 2.24) is 4.98 Å². The molecule has 0 aliphatic rings. The predicted molar refractivity (Wildman–Crippen MR) is 78.7 cm³/mol. The van der Waals surface area contributed by atoms with Crippen LogP contribution in [0.5, 0.6) is 0 Å². The van der Waals surface area contributed by atoms with Crippen LogP contribution in [0, 0.1) is 19.7 Å². The summed E-state index contributed by atoms with van der Waals surface area (Å²) in [6, 6.07) is 6.59. The molecule has 3 nitrogen and oxygen atoms in total. The molecule has 0 spiro atoms. The van der Waals surface area contributed by atoms with Gasteiger partial charge in [-0.25, -0.2) is 9.37 Å². The number of aromatic nitrogens is 1. The summed E-state index contributed by atoms with van der Waals surface area (Å²) < 4.78 is 13.4. The van der Waals surface area contributed by atoms with Gasteiger partial charge >= 0.3 is 0 Å². The number of benzene rings is 1. The number of aryl methyl sites for hydroxylation is 2. The fourth-order valence-corrected chi connectivity index (χ4v) is 2.76. The molecule has 19 heavy (non-hydrogen) atoms. The summed E-state index contributed by atoms with van der Waals surface area (Å²) in [6.07, 6.45) is 0.841. The maximum atomic E-state index is 13.4. The van der Waals surface area contributed by atoms with E-state index in [2.05, 4.69) is 4.98 Å². The molecule has 0 amide bonds. The molecule has 2 aromatic rings. The molecule has 0 aliphatic heterocycles. The summed E-state index contributed by atoms with van der Waals surface area (Å²) in [4.78, 5) is 7.76. The number of thiazole rings is 1. The molecular formula is C14H18FN3S. The van der Waals surface area contributed by atoms with Crippen LogP contribution in [-0.4, -0.2) is 18.1 Å². The lowest BCUT2D eigenvalue weighted by atomic mass is 10.2. The predicted octanol–water partition coefficient (Wildman–Crippen LogP) is 3.39. The van der Waals surface area contributed by atoms with Gasteiger partial charge in [-0.2, -0.15) is 0 Å². The summed E-state index contributed by atoms with van der Waals surface area (Å²) in [5, 5.41) is 0.897. The topological polar surface area (TPSA) is 42.2 Å². The molecule has 2 N–H and O–H groups in total. The number of halogens is 1. The molecule has 0 saturated heterocycles. The second-order valence-corrected chi connectivity index (χ2v) is 5.59. The highest BCUT2D eigenvalue weighted by Gasteiger charge is 2.14. The Balaban J connectivity index is 2.35. The van der Waals surface area contributed by atoms with E-state index in [9.17, 15) is 4.39 Å². The van der Waals surface area contributed by atoms with Crippen molar-refractivity contribution in [3.8, 4) is 0 Å². The fourth-order valence-electron chi connectivity index (χ4n) is 1.80. The average Bonchev–Trinajstić information content (AvgIpc) is 2.70. The first-order valence-corrected chi connectivity index (χ1v) is 7.10. The Morgan fingerprint density at radius 3 is 2.74 bits per heavy atom. The second-order valence-electron chi connectivity index (χ2n) is 4.41. The monoisotopic (exact) mass is 279 g/mol. The normalized spacial score (nSPS) is 10.7. The molecule has 0 saturated carbocycles. The Bertz CT molecular complexity index is 534. The Labute approximate surface area is 116 Å². The van der Waals surface area contributed by atoms with Crippen LogP contribution in [0.25, 0.3) is 0 Å². The zero-order chi connectivity index (χ0) is 13.8. The van der Waals surface area contributed by atoms with Gasteiger partial charge in [-0.15, -0.1) is 11.3 Å². The van der Waals surface area contributed by atoms with Crippen molar-refractivity contribution in [2.24, 2.45) is 5.73 Å². The summed E-state index contributed by atoms with van der Waals surface area (Å²) in [5.74, 6) is -0.236. The molecule has 0 radical (unpaired) electrons. The number of nitrogens with two attached hydrogens (primary N) is 1. The third kappa shape index (κ3) is 3.30. The van der Waals surface area contributed by atoms with Crippen LogP contribution in [0.3, 0.4) is 0 Å². The molecular weight excluding hydrogens is 261 g/mol. The number of hydrogen-bond acceptors (Lipinski definition) is 4. The molecule has 0 unspecified atom stereocenters. The maximum Gasteiger partial charge on any atom is 0.190 e. The Morgan fingerprint density at radius 1 is 1.37 bits per heavy atom. The standard InChI is InChI=1S/C14H18FN3S/c1-10-11(2)19-14(17-10)18(8-4-7-16)13-6-3-5-12(15)9-13/h3,5-6,9H,4,7-8,16H2,1-2H3. The molecule has 0 fully saturated rings.